The highest BCUT2D eigenvalue weighted by molar-refractivity contribution is 6.01. The van der Waals surface area contributed by atoms with Crippen molar-refractivity contribution in [1.29, 1.82) is 0 Å². The van der Waals surface area contributed by atoms with Crippen molar-refractivity contribution in [3.8, 4) is 0 Å². The van der Waals surface area contributed by atoms with E-state index in [9.17, 15) is 9.59 Å². The predicted octanol–water partition coefficient (Wildman–Crippen LogP) is 3.29. The summed E-state index contributed by atoms with van der Waals surface area (Å²) in [5.74, 6) is -0.439. The van der Waals surface area contributed by atoms with Crippen molar-refractivity contribution in [2.24, 2.45) is 5.41 Å². The second kappa shape index (κ2) is 6.67. The molecular weight excluding hydrogens is 320 g/mol. The van der Waals surface area contributed by atoms with Crippen molar-refractivity contribution in [2.45, 2.75) is 39.2 Å². The zero-order chi connectivity index (χ0) is 18.1. The predicted molar refractivity (Wildman–Crippen MR) is 94.7 cm³/mol. The van der Waals surface area contributed by atoms with Gasteiger partial charge in [-0.05, 0) is 45.7 Å². The van der Waals surface area contributed by atoms with Crippen molar-refractivity contribution >= 4 is 17.7 Å². The summed E-state index contributed by atoms with van der Waals surface area (Å²) in [5, 5.41) is 2.87. The van der Waals surface area contributed by atoms with Crippen LogP contribution in [0.2, 0.25) is 0 Å². The Morgan fingerprint density at radius 1 is 1.24 bits per heavy atom. The lowest BCUT2D eigenvalue weighted by molar-refractivity contribution is 0.00708. The first kappa shape index (κ1) is 17.7. The van der Waals surface area contributed by atoms with Gasteiger partial charge in [0.1, 0.15) is 5.60 Å². The lowest BCUT2D eigenvalue weighted by Gasteiger charge is -2.23. The first-order chi connectivity index (χ1) is 11.8. The standard InChI is InChI=1S/C19H26N2O4/c1-18(2,3)25-16(22)14-6-4-5-7-15(14)20-17(23)21-10-8-19(12-21)9-11-24-13-19/h4-7H,8-13H2,1-3H3,(H,20,23). The summed E-state index contributed by atoms with van der Waals surface area (Å²) in [6.45, 7) is 8.37. The number of para-hydroxylation sites is 1. The van der Waals surface area contributed by atoms with E-state index in [2.05, 4.69) is 5.32 Å². The average molecular weight is 346 g/mol. The fourth-order valence-corrected chi connectivity index (χ4v) is 3.38. The number of esters is 1. The molecule has 1 aromatic rings. The van der Waals surface area contributed by atoms with Crippen LogP contribution in [-0.2, 0) is 9.47 Å². The molecule has 2 heterocycles. The van der Waals surface area contributed by atoms with Crippen molar-refractivity contribution in [3.63, 3.8) is 0 Å². The maximum absolute atomic E-state index is 12.6. The number of urea groups is 1. The molecule has 1 aromatic carbocycles. The summed E-state index contributed by atoms with van der Waals surface area (Å²) < 4.78 is 10.9. The molecule has 1 N–H and O–H groups in total. The van der Waals surface area contributed by atoms with Gasteiger partial charge in [0.2, 0.25) is 0 Å². The van der Waals surface area contributed by atoms with Gasteiger partial charge in [0.15, 0.2) is 0 Å². The molecule has 0 saturated carbocycles. The molecule has 3 rings (SSSR count). The van der Waals surface area contributed by atoms with Crippen LogP contribution in [-0.4, -0.2) is 48.8 Å². The summed E-state index contributed by atoms with van der Waals surface area (Å²) in [4.78, 5) is 26.8. The summed E-state index contributed by atoms with van der Waals surface area (Å²) in [6.07, 6.45) is 1.97. The van der Waals surface area contributed by atoms with Crippen LogP contribution in [0.1, 0.15) is 44.0 Å². The number of amides is 2. The van der Waals surface area contributed by atoms with Crippen LogP contribution in [0, 0.1) is 5.41 Å². The number of nitrogens with zero attached hydrogens (tertiary/aromatic N) is 1. The van der Waals surface area contributed by atoms with Gasteiger partial charge in [-0.3, -0.25) is 0 Å². The Bertz CT molecular complexity index is 660. The normalized spacial score (nSPS) is 23.1. The third kappa shape index (κ3) is 4.12. The van der Waals surface area contributed by atoms with Gasteiger partial charge in [-0.1, -0.05) is 12.1 Å². The summed E-state index contributed by atoms with van der Waals surface area (Å²) in [5.41, 5.74) is 0.370. The van der Waals surface area contributed by atoms with E-state index in [0.29, 0.717) is 24.3 Å². The zero-order valence-electron chi connectivity index (χ0n) is 15.1. The maximum Gasteiger partial charge on any atom is 0.340 e. The second-order valence-electron chi connectivity index (χ2n) is 7.95. The Labute approximate surface area is 148 Å². The van der Waals surface area contributed by atoms with Crippen LogP contribution in [0.3, 0.4) is 0 Å². The van der Waals surface area contributed by atoms with Crippen LogP contribution in [0.5, 0.6) is 0 Å². The molecule has 6 heteroatoms. The number of carbonyl (C=O) groups excluding carboxylic acids is 2. The highest BCUT2D eigenvalue weighted by Gasteiger charge is 2.42. The molecular formula is C19H26N2O4. The van der Waals surface area contributed by atoms with E-state index in [1.54, 1.807) is 29.2 Å². The fraction of sp³-hybridized carbons (Fsp3) is 0.579. The van der Waals surface area contributed by atoms with Gasteiger partial charge >= 0.3 is 12.0 Å². The SMILES string of the molecule is CC(C)(C)OC(=O)c1ccccc1NC(=O)N1CCC2(CCOC2)C1. The molecule has 6 nitrogen and oxygen atoms in total. The van der Waals surface area contributed by atoms with Gasteiger partial charge in [-0.25, -0.2) is 9.59 Å². The van der Waals surface area contributed by atoms with Crippen LogP contribution >= 0.6 is 0 Å². The largest absolute Gasteiger partial charge is 0.456 e. The third-order valence-electron chi connectivity index (χ3n) is 4.70. The molecule has 0 radical (unpaired) electrons. The topological polar surface area (TPSA) is 67.9 Å². The quantitative estimate of drug-likeness (QED) is 0.835. The summed E-state index contributed by atoms with van der Waals surface area (Å²) >= 11 is 0. The van der Waals surface area contributed by atoms with Crippen LogP contribution in [0.15, 0.2) is 24.3 Å². The monoisotopic (exact) mass is 346 g/mol. The fourth-order valence-electron chi connectivity index (χ4n) is 3.38. The minimum absolute atomic E-state index is 0.113. The van der Waals surface area contributed by atoms with Crippen molar-refractivity contribution < 1.29 is 19.1 Å². The molecule has 1 atom stereocenters. The Hall–Kier alpha value is -2.08. The summed E-state index contributed by atoms with van der Waals surface area (Å²) in [7, 11) is 0. The first-order valence-electron chi connectivity index (χ1n) is 8.74. The van der Waals surface area contributed by atoms with Crippen LogP contribution < -0.4 is 5.32 Å². The second-order valence-corrected chi connectivity index (χ2v) is 7.95. The number of anilines is 1. The van der Waals surface area contributed by atoms with E-state index in [-0.39, 0.29) is 11.4 Å². The molecule has 0 aromatic heterocycles. The molecule has 2 saturated heterocycles. The highest BCUT2D eigenvalue weighted by atomic mass is 16.6. The van der Waals surface area contributed by atoms with E-state index < -0.39 is 11.6 Å². The van der Waals surface area contributed by atoms with E-state index in [1.165, 1.54) is 0 Å². The van der Waals surface area contributed by atoms with Crippen LogP contribution in [0.4, 0.5) is 10.5 Å². The van der Waals surface area contributed by atoms with Crippen molar-refractivity contribution in [2.75, 3.05) is 31.6 Å². The molecule has 2 aliphatic heterocycles. The number of hydrogen-bond acceptors (Lipinski definition) is 4. The number of benzene rings is 1. The van der Waals surface area contributed by atoms with Gasteiger partial charge in [-0.2, -0.15) is 0 Å². The number of hydrogen-bond donors (Lipinski definition) is 1. The smallest absolute Gasteiger partial charge is 0.340 e. The van der Waals surface area contributed by atoms with Gasteiger partial charge < -0.3 is 19.7 Å². The van der Waals surface area contributed by atoms with E-state index in [4.69, 9.17) is 9.47 Å². The van der Waals surface area contributed by atoms with Crippen molar-refractivity contribution in [3.05, 3.63) is 29.8 Å². The molecule has 2 aliphatic rings. The highest BCUT2D eigenvalue weighted by Crippen LogP contribution is 2.38. The number of carbonyl (C=O) groups is 2. The molecule has 136 valence electrons. The molecule has 0 aliphatic carbocycles. The molecule has 2 amide bonds. The Balaban J connectivity index is 1.69. The van der Waals surface area contributed by atoms with E-state index in [0.717, 1.165) is 26.1 Å². The van der Waals surface area contributed by atoms with E-state index >= 15 is 0 Å². The Kier molecular flexibility index (Phi) is 4.73. The summed E-state index contributed by atoms with van der Waals surface area (Å²) in [6, 6.07) is 6.76. The minimum atomic E-state index is -0.585. The lowest BCUT2D eigenvalue weighted by atomic mass is 9.87. The number of rotatable bonds is 2. The molecule has 2 fully saturated rings. The molecule has 0 bridgehead atoms. The zero-order valence-corrected chi connectivity index (χ0v) is 15.1. The van der Waals surface area contributed by atoms with Gasteiger partial charge in [0.25, 0.3) is 0 Å². The van der Waals surface area contributed by atoms with Gasteiger partial charge in [-0.15, -0.1) is 0 Å². The number of nitrogens with one attached hydrogen (secondary N) is 1. The number of likely N-dealkylation sites (tertiary alicyclic amines) is 1. The Morgan fingerprint density at radius 2 is 2.00 bits per heavy atom. The number of ether oxygens (including phenoxy) is 2. The van der Waals surface area contributed by atoms with Crippen LogP contribution in [0.25, 0.3) is 0 Å². The first-order valence-corrected chi connectivity index (χ1v) is 8.74. The molecule has 25 heavy (non-hydrogen) atoms. The maximum atomic E-state index is 12.6. The van der Waals surface area contributed by atoms with E-state index in [1.807, 2.05) is 20.8 Å². The molecule has 1 unspecified atom stereocenters. The van der Waals surface area contributed by atoms with Gasteiger partial charge in [0.05, 0.1) is 17.9 Å². The van der Waals surface area contributed by atoms with Crippen molar-refractivity contribution in [1.82, 2.24) is 4.90 Å². The lowest BCUT2D eigenvalue weighted by Crippen LogP contribution is -2.36. The third-order valence-corrected chi connectivity index (χ3v) is 4.70. The van der Waals surface area contributed by atoms with Gasteiger partial charge in [0, 0.05) is 25.1 Å². The minimum Gasteiger partial charge on any atom is -0.456 e. The average Bonchev–Trinajstić information content (AvgIpc) is 3.16. The Morgan fingerprint density at radius 3 is 2.68 bits per heavy atom. The molecule has 1 spiro atoms.